The van der Waals surface area contributed by atoms with Gasteiger partial charge >= 0.3 is 0 Å². The van der Waals surface area contributed by atoms with Crippen molar-refractivity contribution >= 4 is 34.2 Å². The minimum Gasteiger partial charge on any atom is -0.324 e. The molecule has 0 radical (unpaired) electrons. The fourth-order valence-electron chi connectivity index (χ4n) is 3.35. The topological polar surface area (TPSA) is 93.1 Å². The number of para-hydroxylation sites is 3. The maximum absolute atomic E-state index is 12.7. The lowest BCUT2D eigenvalue weighted by molar-refractivity contribution is -0.116. The highest BCUT2D eigenvalue weighted by Crippen LogP contribution is 2.20. The lowest BCUT2D eigenvalue weighted by atomic mass is 10.1. The number of carbonyl (C=O) groups is 2. The van der Waals surface area contributed by atoms with Crippen molar-refractivity contribution in [3.8, 4) is 0 Å². The number of fused-ring (bicyclic) bond motifs is 1. The summed E-state index contributed by atoms with van der Waals surface area (Å²) < 4.78 is 1.37. The molecule has 0 saturated heterocycles. The van der Waals surface area contributed by atoms with E-state index in [0.717, 1.165) is 0 Å². The van der Waals surface area contributed by atoms with Gasteiger partial charge in [-0.1, -0.05) is 36.4 Å². The molecule has 154 valence electrons. The van der Waals surface area contributed by atoms with Crippen LogP contribution in [0.3, 0.4) is 0 Å². The smallest absolute Gasteiger partial charge is 0.269 e. The van der Waals surface area contributed by atoms with Gasteiger partial charge in [0.05, 0.1) is 17.2 Å². The van der Waals surface area contributed by atoms with Crippen LogP contribution in [0.2, 0.25) is 0 Å². The summed E-state index contributed by atoms with van der Waals surface area (Å²) in [7, 11) is 0. The third kappa shape index (κ3) is 4.35. The summed E-state index contributed by atoms with van der Waals surface area (Å²) in [6, 6.07) is 21.4. The first kappa shape index (κ1) is 20.0. The van der Waals surface area contributed by atoms with E-state index < -0.39 is 0 Å². The first-order valence-corrected chi connectivity index (χ1v) is 9.73. The molecule has 7 nitrogen and oxygen atoms in total. The molecule has 0 aliphatic carbocycles. The number of rotatable bonds is 5. The monoisotopic (exact) mass is 412 g/mol. The molecule has 0 aliphatic rings. The number of aromatic nitrogens is 2. The van der Waals surface area contributed by atoms with Crippen molar-refractivity contribution in [1.29, 1.82) is 0 Å². The molecule has 0 bridgehead atoms. The number of hydrogen-bond donors (Lipinski definition) is 2. The molecule has 0 atom stereocenters. The minimum atomic E-state index is -0.373. The Labute approximate surface area is 178 Å². The molecule has 4 rings (SSSR count). The van der Waals surface area contributed by atoms with Gasteiger partial charge in [-0.05, 0) is 48.9 Å². The quantitative estimate of drug-likeness (QED) is 0.524. The molecule has 0 aliphatic heterocycles. The van der Waals surface area contributed by atoms with Crippen LogP contribution in [-0.4, -0.2) is 21.4 Å². The highest BCUT2D eigenvalue weighted by molar-refractivity contribution is 6.06. The van der Waals surface area contributed by atoms with Crippen molar-refractivity contribution in [2.75, 3.05) is 10.6 Å². The number of nitrogens with zero attached hydrogens (tertiary/aromatic N) is 2. The maximum Gasteiger partial charge on any atom is 0.269 e. The number of nitrogens with one attached hydrogen (secondary N) is 2. The van der Waals surface area contributed by atoms with Gasteiger partial charge in [0.1, 0.15) is 6.54 Å². The highest BCUT2D eigenvalue weighted by atomic mass is 16.2. The van der Waals surface area contributed by atoms with Gasteiger partial charge < -0.3 is 10.6 Å². The van der Waals surface area contributed by atoms with Gasteiger partial charge in [-0.15, -0.1) is 0 Å². The number of carbonyl (C=O) groups excluding carboxylic acids is 2. The third-order valence-electron chi connectivity index (χ3n) is 4.94. The molecular formula is C24H20N4O3. The van der Waals surface area contributed by atoms with Crippen LogP contribution in [0.25, 0.3) is 11.0 Å². The molecule has 2 N–H and O–H groups in total. The van der Waals surface area contributed by atoms with Crippen LogP contribution in [0, 0.1) is 6.92 Å². The van der Waals surface area contributed by atoms with Crippen LogP contribution in [0.4, 0.5) is 11.4 Å². The average Bonchev–Trinajstić information content (AvgIpc) is 2.78. The summed E-state index contributed by atoms with van der Waals surface area (Å²) in [6.45, 7) is 1.60. The normalized spacial score (nSPS) is 10.6. The molecule has 0 saturated carbocycles. The number of anilines is 2. The lowest BCUT2D eigenvalue weighted by Crippen LogP contribution is -2.28. The average molecular weight is 412 g/mol. The molecule has 7 heteroatoms. The van der Waals surface area contributed by atoms with E-state index in [0.29, 0.717) is 33.5 Å². The second-order valence-corrected chi connectivity index (χ2v) is 7.02. The molecule has 3 aromatic carbocycles. The molecule has 31 heavy (non-hydrogen) atoms. The summed E-state index contributed by atoms with van der Waals surface area (Å²) in [5.74, 6) is -0.640. The van der Waals surface area contributed by atoms with Gasteiger partial charge in [-0.2, -0.15) is 0 Å². The van der Waals surface area contributed by atoms with Gasteiger partial charge in [0.2, 0.25) is 5.91 Å². The van der Waals surface area contributed by atoms with Gasteiger partial charge in [0.25, 0.3) is 11.5 Å². The largest absolute Gasteiger partial charge is 0.324 e. The standard InChI is InChI=1S/C24H20N4O3/c1-16-18(24(31)26-17-8-3-2-4-9-17)10-7-12-19(16)27-22(29)15-28-21-13-6-5-11-20(21)25-14-23(28)30/h2-14H,15H2,1H3,(H,26,31)(H,27,29). The minimum absolute atomic E-state index is 0.165. The van der Waals surface area contributed by atoms with Gasteiger partial charge in [0, 0.05) is 16.9 Å². The van der Waals surface area contributed by atoms with Crippen molar-refractivity contribution in [2.45, 2.75) is 13.5 Å². The Kier molecular flexibility index (Phi) is 5.57. The fourth-order valence-corrected chi connectivity index (χ4v) is 3.35. The Morgan fingerprint density at radius 3 is 2.45 bits per heavy atom. The Hall–Kier alpha value is -4.26. The van der Waals surface area contributed by atoms with Gasteiger partial charge in [0.15, 0.2) is 0 Å². The Bertz CT molecular complexity index is 1330. The van der Waals surface area contributed by atoms with E-state index >= 15 is 0 Å². The molecule has 1 heterocycles. The second-order valence-electron chi connectivity index (χ2n) is 7.02. The van der Waals surface area contributed by atoms with E-state index in [2.05, 4.69) is 15.6 Å². The zero-order valence-electron chi connectivity index (χ0n) is 16.8. The summed E-state index contributed by atoms with van der Waals surface area (Å²) in [5.41, 5.74) is 3.14. The first-order valence-electron chi connectivity index (χ1n) is 9.73. The summed E-state index contributed by atoms with van der Waals surface area (Å²) in [4.78, 5) is 41.8. The van der Waals surface area contributed by atoms with E-state index in [1.807, 2.05) is 24.3 Å². The van der Waals surface area contributed by atoms with Crippen LogP contribution in [0.1, 0.15) is 15.9 Å². The van der Waals surface area contributed by atoms with E-state index in [4.69, 9.17) is 0 Å². The Morgan fingerprint density at radius 2 is 1.65 bits per heavy atom. The third-order valence-corrected chi connectivity index (χ3v) is 4.94. The first-order chi connectivity index (χ1) is 15.0. The Morgan fingerprint density at radius 1 is 0.903 bits per heavy atom. The molecule has 4 aromatic rings. The van der Waals surface area contributed by atoms with Crippen LogP contribution in [0.5, 0.6) is 0 Å². The maximum atomic E-state index is 12.7. The van der Waals surface area contributed by atoms with Crippen molar-refractivity contribution < 1.29 is 9.59 Å². The van der Waals surface area contributed by atoms with Crippen molar-refractivity contribution in [1.82, 2.24) is 9.55 Å². The second kappa shape index (κ2) is 8.62. The van der Waals surface area contributed by atoms with Crippen LogP contribution < -0.4 is 16.2 Å². The molecular weight excluding hydrogens is 392 g/mol. The van der Waals surface area contributed by atoms with E-state index in [-0.39, 0.29) is 23.9 Å². The zero-order valence-corrected chi connectivity index (χ0v) is 16.8. The zero-order chi connectivity index (χ0) is 21.8. The van der Waals surface area contributed by atoms with Crippen LogP contribution in [0.15, 0.2) is 83.8 Å². The predicted molar refractivity (Wildman–Crippen MR) is 120 cm³/mol. The van der Waals surface area contributed by atoms with Crippen molar-refractivity contribution in [3.05, 3.63) is 100 Å². The molecule has 0 spiro atoms. The summed E-state index contributed by atoms with van der Waals surface area (Å²) >= 11 is 0. The number of benzene rings is 3. The van der Waals surface area contributed by atoms with E-state index in [1.165, 1.54) is 10.8 Å². The van der Waals surface area contributed by atoms with Crippen LogP contribution in [-0.2, 0) is 11.3 Å². The summed E-state index contributed by atoms with van der Waals surface area (Å²) in [5, 5.41) is 5.65. The van der Waals surface area contributed by atoms with Crippen molar-refractivity contribution in [3.63, 3.8) is 0 Å². The number of hydrogen-bond acceptors (Lipinski definition) is 4. The van der Waals surface area contributed by atoms with Gasteiger partial charge in [-0.25, -0.2) is 4.98 Å². The molecule has 2 amide bonds. The number of amides is 2. The Balaban J connectivity index is 1.55. The lowest BCUT2D eigenvalue weighted by Gasteiger charge is -2.14. The summed E-state index contributed by atoms with van der Waals surface area (Å²) in [6.07, 6.45) is 1.20. The highest BCUT2D eigenvalue weighted by Gasteiger charge is 2.15. The van der Waals surface area contributed by atoms with Crippen molar-refractivity contribution in [2.24, 2.45) is 0 Å². The van der Waals surface area contributed by atoms with Crippen LogP contribution >= 0.6 is 0 Å². The van der Waals surface area contributed by atoms with Gasteiger partial charge in [-0.3, -0.25) is 19.0 Å². The molecule has 0 unspecified atom stereocenters. The van der Waals surface area contributed by atoms with E-state index in [9.17, 15) is 14.4 Å². The fraction of sp³-hybridized carbons (Fsp3) is 0.0833. The van der Waals surface area contributed by atoms with E-state index in [1.54, 1.807) is 55.5 Å². The SMILES string of the molecule is Cc1c(NC(=O)Cn2c(=O)cnc3ccccc32)cccc1C(=O)Nc1ccccc1. The molecule has 0 fully saturated rings. The molecule has 1 aromatic heterocycles. The predicted octanol–water partition coefficient (Wildman–Crippen LogP) is 3.60.